The second-order valence-electron chi connectivity index (χ2n) is 9.90. The van der Waals surface area contributed by atoms with Gasteiger partial charge in [-0.05, 0) is 74.0 Å². The first kappa shape index (κ1) is 27.1. The molecule has 9 nitrogen and oxygen atoms in total. The van der Waals surface area contributed by atoms with Crippen molar-refractivity contribution >= 4 is 22.4 Å². The quantitative estimate of drug-likeness (QED) is 0.266. The Hall–Kier alpha value is -5.09. The second kappa shape index (κ2) is 11.4. The Labute approximate surface area is 244 Å². The highest BCUT2D eigenvalue weighted by molar-refractivity contribution is 7.15. The van der Waals surface area contributed by atoms with Gasteiger partial charge in [-0.2, -0.15) is 19.7 Å². The zero-order valence-electron chi connectivity index (χ0n) is 23.2. The zero-order valence-corrected chi connectivity index (χ0v) is 24.0. The third kappa shape index (κ3) is 5.57. The van der Waals surface area contributed by atoms with Crippen molar-refractivity contribution in [3.8, 4) is 28.4 Å². The van der Waals surface area contributed by atoms with Crippen LogP contribution in [0, 0.1) is 0 Å². The van der Waals surface area contributed by atoms with Gasteiger partial charge in [-0.25, -0.2) is 4.68 Å². The smallest absolute Gasteiger partial charge is 0.296 e. The molecule has 0 atom stereocenters. The minimum absolute atomic E-state index is 0.0616. The predicted molar refractivity (Wildman–Crippen MR) is 163 cm³/mol. The topological polar surface area (TPSA) is 101 Å². The Morgan fingerprint density at radius 3 is 2.31 bits per heavy atom. The summed E-state index contributed by atoms with van der Waals surface area (Å²) >= 11 is 1.12. The Morgan fingerprint density at radius 1 is 0.905 bits per heavy atom. The fourth-order valence-corrected chi connectivity index (χ4v) is 5.42. The minimum Gasteiger partial charge on any atom is -0.497 e. The normalized spacial score (nSPS) is 11.9. The van der Waals surface area contributed by atoms with Crippen molar-refractivity contribution in [2.45, 2.75) is 26.4 Å². The molecule has 10 heteroatoms. The van der Waals surface area contributed by atoms with Gasteiger partial charge in [-0.1, -0.05) is 41.7 Å². The average molecular weight is 578 g/mol. The van der Waals surface area contributed by atoms with Gasteiger partial charge in [0.1, 0.15) is 22.9 Å². The van der Waals surface area contributed by atoms with E-state index in [9.17, 15) is 9.59 Å². The molecule has 3 aromatic heterocycles. The van der Waals surface area contributed by atoms with Crippen LogP contribution < -0.4 is 25.1 Å². The first-order chi connectivity index (χ1) is 20.4. The molecule has 0 saturated heterocycles. The number of ether oxygens (including phenoxy) is 2. The lowest BCUT2D eigenvalue weighted by Gasteiger charge is -2.09. The van der Waals surface area contributed by atoms with E-state index < -0.39 is 5.56 Å². The fourth-order valence-electron chi connectivity index (χ4n) is 4.52. The first-order valence-electron chi connectivity index (χ1n) is 13.4. The molecular formula is C32H27N5O4S. The lowest BCUT2D eigenvalue weighted by atomic mass is 10.1. The summed E-state index contributed by atoms with van der Waals surface area (Å²) < 4.78 is 14.4. The third-order valence-corrected chi connectivity index (χ3v) is 7.49. The lowest BCUT2D eigenvalue weighted by Crippen LogP contribution is -2.28. The van der Waals surface area contributed by atoms with Crippen LogP contribution in [0.15, 0.2) is 94.6 Å². The number of hydrogen-bond acceptors (Lipinski definition) is 8. The van der Waals surface area contributed by atoms with Gasteiger partial charge in [0, 0.05) is 23.7 Å². The highest BCUT2D eigenvalue weighted by Gasteiger charge is 2.15. The number of nitrogens with zero attached hydrogens (tertiary/aromatic N) is 5. The molecule has 0 radical (unpaired) electrons. The van der Waals surface area contributed by atoms with Crippen LogP contribution in [0.5, 0.6) is 11.5 Å². The maximum absolute atomic E-state index is 13.5. The van der Waals surface area contributed by atoms with E-state index >= 15 is 0 Å². The summed E-state index contributed by atoms with van der Waals surface area (Å²) in [6.07, 6.45) is 3.97. The SMILES string of the molecule is COc1ccc(Cc2nn3c(=O)/c(=C/c4cn(-c5ccccc5)nc4-c4ccc(OC(C)C)cc4)sc3nc2=O)cc1. The molecule has 6 aromatic rings. The molecule has 0 aliphatic heterocycles. The fraction of sp³-hybridized carbons (Fsp3) is 0.156. The Kier molecular flexibility index (Phi) is 7.37. The first-order valence-corrected chi connectivity index (χ1v) is 14.2. The van der Waals surface area contributed by atoms with E-state index in [-0.39, 0.29) is 28.7 Å². The molecule has 6 rings (SSSR count). The minimum atomic E-state index is -0.458. The Bertz CT molecular complexity index is 2030. The number of para-hydroxylation sites is 1. The monoisotopic (exact) mass is 577 g/mol. The van der Waals surface area contributed by atoms with Gasteiger partial charge in [0.2, 0.25) is 4.96 Å². The van der Waals surface area contributed by atoms with E-state index in [1.165, 1.54) is 4.52 Å². The molecule has 3 aromatic carbocycles. The van der Waals surface area contributed by atoms with Crippen LogP contribution in [-0.4, -0.2) is 37.6 Å². The summed E-state index contributed by atoms with van der Waals surface area (Å²) in [5.74, 6) is 1.48. The molecular weight excluding hydrogens is 550 g/mol. The molecule has 0 amide bonds. The van der Waals surface area contributed by atoms with Gasteiger partial charge in [0.15, 0.2) is 0 Å². The second-order valence-corrected chi connectivity index (χ2v) is 10.9. The zero-order chi connectivity index (χ0) is 29.2. The van der Waals surface area contributed by atoms with E-state index in [2.05, 4.69) is 10.1 Å². The molecule has 0 aliphatic rings. The molecule has 42 heavy (non-hydrogen) atoms. The molecule has 0 N–H and O–H groups in total. The summed E-state index contributed by atoms with van der Waals surface area (Å²) in [6.45, 7) is 3.96. The number of fused-ring (bicyclic) bond motifs is 1. The van der Waals surface area contributed by atoms with Gasteiger partial charge < -0.3 is 9.47 Å². The number of benzene rings is 3. The van der Waals surface area contributed by atoms with E-state index in [4.69, 9.17) is 14.6 Å². The maximum atomic E-state index is 13.5. The van der Waals surface area contributed by atoms with E-state index in [1.54, 1.807) is 17.9 Å². The molecule has 0 spiro atoms. The van der Waals surface area contributed by atoms with Crippen LogP contribution in [0.4, 0.5) is 0 Å². The molecule has 210 valence electrons. The largest absolute Gasteiger partial charge is 0.497 e. The molecule has 0 unspecified atom stereocenters. The maximum Gasteiger partial charge on any atom is 0.296 e. The highest BCUT2D eigenvalue weighted by Crippen LogP contribution is 2.27. The van der Waals surface area contributed by atoms with Crippen LogP contribution in [0.3, 0.4) is 0 Å². The van der Waals surface area contributed by atoms with Crippen LogP contribution in [-0.2, 0) is 6.42 Å². The number of hydrogen-bond donors (Lipinski definition) is 0. The number of methoxy groups -OCH3 is 1. The molecule has 3 heterocycles. The Morgan fingerprint density at radius 2 is 1.62 bits per heavy atom. The summed E-state index contributed by atoms with van der Waals surface area (Å²) in [4.78, 5) is 30.7. The molecule has 0 fully saturated rings. The van der Waals surface area contributed by atoms with Crippen molar-refractivity contribution in [2.24, 2.45) is 0 Å². The summed E-state index contributed by atoms with van der Waals surface area (Å²) in [5.41, 5.74) is 3.43. The Balaban J connectivity index is 1.43. The van der Waals surface area contributed by atoms with Crippen molar-refractivity contribution < 1.29 is 9.47 Å². The van der Waals surface area contributed by atoms with Gasteiger partial charge in [0.25, 0.3) is 11.1 Å². The molecule has 0 saturated carbocycles. The van der Waals surface area contributed by atoms with E-state index in [1.807, 2.05) is 98.9 Å². The van der Waals surface area contributed by atoms with Crippen molar-refractivity contribution in [3.63, 3.8) is 0 Å². The summed E-state index contributed by atoms with van der Waals surface area (Å²) in [6, 6.07) is 24.8. The third-order valence-electron chi connectivity index (χ3n) is 6.53. The van der Waals surface area contributed by atoms with Crippen molar-refractivity contribution in [3.05, 3.63) is 127 Å². The van der Waals surface area contributed by atoms with Crippen LogP contribution in [0.1, 0.15) is 30.7 Å². The van der Waals surface area contributed by atoms with E-state index in [0.29, 0.717) is 16.0 Å². The van der Waals surface area contributed by atoms with Crippen LogP contribution in [0.2, 0.25) is 0 Å². The standard InChI is InChI=1S/C32H27N5O4S/c1-20(2)41-26-15-11-22(12-16-26)29-23(19-36(35-29)24-7-5-4-6-8-24)18-28-31(39)37-32(42-28)33-30(38)27(34-37)17-21-9-13-25(40-3)14-10-21/h4-16,18-20H,17H2,1-3H3/b28-18-. The number of rotatable bonds is 8. The van der Waals surface area contributed by atoms with E-state index in [0.717, 1.165) is 39.5 Å². The number of thiazole rings is 1. The van der Waals surface area contributed by atoms with Gasteiger partial charge in [-0.15, -0.1) is 0 Å². The van der Waals surface area contributed by atoms with Crippen LogP contribution in [0.25, 0.3) is 28.0 Å². The summed E-state index contributed by atoms with van der Waals surface area (Å²) in [7, 11) is 1.59. The predicted octanol–water partition coefficient (Wildman–Crippen LogP) is 4.30. The van der Waals surface area contributed by atoms with Gasteiger partial charge >= 0.3 is 0 Å². The van der Waals surface area contributed by atoms with Crippen LogP contribution >= 0.6 is 11.3 Å². The average Bonchev–Trinajstić information content (AvgIpc) is 3.55. The van der Waals surface area contributed by atoms with Crippen molar-refractivity contribution in [2.75, 3.05) is 7.11 Å². The lowest BCUT2D eigenvalue weighted by molar-refractivity contribution is 0.242. The molecule has 0 bridgehead atoms. The van der Waals surface area contributed by atoms with Crippen molar-refractivity contribution in [1.82, 2.24) is 24.4 Å². The van der Waals surface area contributed by atoms with Gasteiger partial charge in [-0.3, -0.25) is 9.59 Å². The van der Waals surface area contributed by atoms with Crippen molar-refractivity contribution in [1.29, 1.82) is 0 Å². The van der Waals surface area contributed by atoms with Gasteiger partial charge in [0.05, 0.1) is 23.4 Å². The number of aromatic nitrogens is 5. The molecule has 0 aliphatic carbocycles. The highest BCUT2D eigenvalue weighted by atomic mass is 32.1. The summed E-state index contributed by atoms with van der Waals surface area (Å²) in [5, 5.41) is 9.25.